The van der Waals surface area contributed by atoms with Crippen LogP contribution in [0.1, 0.15) is 18.7 Å². The Bertz CT molecular complexity index is 610. The summed E-state index contributed by atoms with van der Waals surface area (Å²) in [6, 6.07) is 9.57. The maximum atomic E-state index is 11.7. The van der Waals surface area contributed by atoms with Crippen molar-refractivity contribution in [1.29, 1.82) is 0 Å². The highest BCUT2D eigenvalue weighted by atomic mass is 32.1. The molecule has 2 rings (SSSR count). The van der Waals surface area contributed by atoms with Crippen molar-refractivity contribution in [3.63, 3.8) is 0 Å². The van der Waals surface area contributed by atoms with Crippen molar-refractivity contribution in [2.75, 3.05) is 17.7 Å². The van der Waals surface area contributed by atoms with E-state index in [1.54, 1.807) is 7.11 Å². The molecule has 0 spiro atoms. The molecule has 112 valence electrons. The molecule has 1 amide bonds. The van der Waals surface area contributed by atoms with Gasteiger partial charge in [-0.15, -0.1) is 0 Å². The first kappa shape index (κ1) is 15.3. The first-order valence-corrected chi connectivity index (χ1v) is 7.50. The van der Waals surface area contributed by atoms with Crippen molar-refractivity contribution < 1.29 is 9.53 Å². The number of anilines is 2. The number of nitrogens with zero attached hydrogens (tertiary/aromatic N) is 1. The number of rotatable bonds is 6. The Morgan fingerprint density at radius 1 is 1.33 bits per heavy atom. The number of benzene rings is 1. The Hall–Kier alpha value is -2.08. The zero-order valence-electron chi connectivity index (χ0n) is 12.3. The molecule has 0 saturated carbocycles. The van der Waals surface area contributed by atoms with Gasteiger partial charge in [-0.05, 0) is 29.7 Å². The third-order valence-electron chi connectivity index (χ3n) is 2.87. The highest BCUT2D eigenvalue weighted by Crippen LogP contribution is 2.20. The monoisotopic (exact) mass is 305 g/mol. The molecule has 0 aliphatic heterocycles. The van der Waals surface area contributed by atoms with E-state index in [0.717, 1.165) is 16.3 Å². The minimum atomic E-state index is -0.0359. The van der Waals surface area contributed by atoms with Crippen LogP contribution in [0, 0.1) is 5.92 Å². The lowest BCUT2D eigenvalue weighted by Gasteiger charge is -2.10. The summed E-state index contributed by atoms with van der Waals surface area (Å²) < 4.78 is 9.20. The van der Waals surface area contributed by atoms with Crippen molar-refractivity contribution in [1.82, 2.24) is 4.37 Å². The smallest absolute Gasteiger partial charge is 0.226 e. The molecule has 0 aliphatic rings. The van der Waals surface area contributed by atoms with Gasteiger partial charge in [-0.3, -0.25) is 4.79 Å². The lowest BCUT2D eigenvalue weighted by atomic mass is 10.2. The second-order valence-corrected chi connectivity index (χ2v) is 5.80. The van der Waals surface area contributed by atoms with Gasteiger partial charge >= 0.3 is 0 Å². The summed E-state index contributed by atoms with van der Waals surface area (Å²) in [5.74, 6) is 0.611. The number of methoxy groups -OCH3 is 1. The van der Waals surface area contributed by atoms with Gasteiger partial charge in [-0.2, -0.15) is 4.37 Å². The number of aromatic nitrogens is 1. The zero-order chi connectivity index (χ0) is 15.2. The van der Waals surface area contributed by atoms with E-state index in [9.17, 15) is 4.79 Å². The van der Waals surface area contributed by atoms with Gasteiger partial charge < -0.3 is 15.4 Å². The standard InChI is InChI=1S/C15H19N3O2S/c1-10(2)15(19)17-12-6-4-5-11(7-12)16-9-13-8-14(20-3)18-21-13/h4-8,10,16H,9H2,1-3H3,(H,17,19). The average Bonchev–Trinajstić information content (AvgIpc) is 2.93. The molecule has 1 aromatic heterocycles. The molecule has 0 atom stereocenters. The molecular weight excluding hydrogens is 286 g/mol. The number of amides is 1. The molecule has 21 heavy (non-hydrogen) atoms. The zero-order valence-corrected chi connectivity index (χ0v) is 13.2. The van der Waals surface area contributed by atoms with E-state index in [0.29, 0.717) is 12.4 Å². The summed E-state index contributed by atoms with van der Waals surface area (Å²) in [5.41, 5.74) is 1.74. The van der Waals surface area contributed by atoms with Crippen LogP contribution in [0.4, 0.5) is 11.4 Å². The molecule has 2 aromatic rings. The van der Waals surface area contributed by atoms with Gasteiger partial charge in [0, 0.05) is 28.2 Å². The fourth-order valence-electron chi connectivity index (χ4n) is 1.66. The number of nitrogens with one attached hydrogen (secondary N) is 2. The predicted octanol–water partition coefficient (Wildman–Crippen LogP) is 3.36. The number of ether oxygens (including phenoxy) is 1. The summed E-state index contributed by atoms with van der Waals surface area (Å²) in [4.78, 5) is 12.8. The van der Waals surface area contributed by atoms with E-state index < -0.39 is 0 Å². The van der Waals surface area contributed by atoms with E-state index >= 15 is 0 Å². The van der Waals surface area contributed by atoms with Crippen LogP contribution in [0.15, 0.2) is 30.3 Å². The van der Waals surface area contributed by atoms with E-state index in [1.807, 2.05) is 44.2 Å². The van der Waals surface area contributed by atoms with E-state index in [2.05, 4.69) is 15.0 Å². The van der Waals surface area contributed by atoms with Gasteiger partial charge in [-0.25, -0.2) is 0 Å². The van der Waals surface area contributed by atoms with E-state index in [-0.39, 0.29) is 11.8 Å². The summed E-state index contributed by atoms with van der Waals surface area (Å²) >= 11 is 1.40. The summed E-state index contributed by atoms with van der Waals surface area (Å²) in [7, 11) is 1.60. The molecule has 5 nitrogen and oxygen atoms in total. The summed E-state index contributed by atoms with van der Waals surface area (Å²) in [5, 5.41) is 6.19. The second-order valence-electron chi connectivity index (χ2n) is 4.91. The molecular formula is C15H19N3O2S. The van der Waals surface area contributed by atoms with E-state index in [1.165, 1.54) is 11.5 Å². The first-order valence-electron chi connectivity index (χ1n) is 6.73. The van der Waals surface area contributed by atoms with Crippen LogP contribution in [0.25, 0.3) is 0 Å². The third kappa shape index (κ3) is 4.46. The molecule has 6 heteroatoms. The largest absolute Gasteiger partial charge is 0.480 e. The van der Waals surface area contributed by atoms with E-state index in [4.69, 9.17) is 4.74 Å². The fraction of sp³-hybridized carbons (Fsp3) is 0.333. The minimum absolute atomic E-state index is 0.0133. The van der Waals surface area contributed by atoms with Gasteiger partial charge in [0.1, 0.15) is 0 Å². The molecule has 1 aromatic carbocycles. The molecule has 0 radical (unpaired) electrons. The highest BCUT2D eigenvalue weighted by molar-refractivity contribution is 7.05. The van der Waals surface area contributed by atoms with Crippen molar-refractivity contribution in [2.24, 2.45) is 5.92 Å². The van der Waals surface area contributed by atoms with Crippen LogP contribution in [0.5, 0.6) is 5.88 Å². The number of hydrogen-bond acceptors (Lipinski definition) is 5. The Labute approximate surface area is 128 Å². The number of carbonyl (C=O) groups is 1. The van der Waals surface area contributed by atoms with Gasteiger partial charge in [0.15, 0.2) is 0 Å². The number of hydrogen-bond donors (Lipinski definition) is 2. The summed E-state index contributed by atoms with van der Waals surface area (Å²) in [6.45, 7) is 4.41. The number of carbonyl (C=O) groups excluding carboxylic acids is 1. The normalized spacial score (nSPS) is 10.5. The van der Waals surface area contributed by atoms with Crippen LogP contribution in [0.3, 0.4) is 0 Å². The Balaban J connectivity index is 1.96. The van der Waals surface area contributed by atoms with Crippen molar-refractivity contribution in [3.8, 4) is 5.88 Å². The topological polar surface area (TPSA) is 63.2 Å². The van der Waals surface area contributed by atoms with Crippen LogP contribution in [-0.4, -0.2) is 17.4 Å². The summed E-state index contributed by atoms with van der Waals surface area (Å²) in [6.07, 6.45) is 0. The van der Waals surface area contributed by atoms with Gasteiger partial charge in [0.25, 0.3) is 0 Å². The molecule has 2 N–H and O–H groups in total. The van der Waals surface area contributed by atoms with Gasteiger partial charge in [0.2, 0.25) is 11.8 Å². The van der Waals surface area contributed by atoms with Crippen molar-refractivity contribution in [3.05, 3.63) is 35.2 Å². The molecule has 0 bridgehead atoms. The average molecular weight is 305 g/mol. The van der Waals surface area contributed by atoms with Gasteiger partial charge in [-0.1, -0.05) is 19.9 Å². The van der Waals surface area contributed by atoms with Crippen molar-refractivity contribution in [2.45, 2.75) is 20.4 Å². The maximum absolute atomic E-state index is 11.7. The first-order chi connectivity index (χ1) is 10.1. The van der Waals surface area contributed by atoms with Gasteiger partial charge in [0.05, 0.1) is 13.7 Å². The lowest BCUT2D eigenvalue weighted by Crippen LogP contribution is -2.17. The molecule has 0 fully saturated rings. The van der Waals surface area contributed by atoms with Crippen LogP contribution >= 0.6 is 11.5 Å². The fourth-order valence-corrected chi connectivity index (χ4v) is 2.28. The lowest BCUT2D eigenvalue weighted by molar-refractivity contribution is -0.118. The van der Waals surface area contributed by atoms with Crippen LogP contribution < -0.4 is 15.4 Å². The Kier molecular flexibility index (Phi) is 5.16. The predicted molar refractivity (Wildman–Crippen MR) is 85.9 cm³/mol. The molecule has 0 saturated heterocycles. The molecule has 0 aliphatic carbocycles. The van der Waals surface area contributed by atoms with Crippen LogP contribution in [0.2, 0.25) is 0 Å². The molecule has 1 heterocycles. The Morgan fingerprint density at radius 3 is 2.76 bits per heavy atom. The Morgan fingerprint density at radius 2 is 2.10 bits per heavy atom. The van der Waals surface area contributed by atoms with Crippen molar-refractivity contribution >= 4 is 28.8 Å². The maximum Gasteiger partial charge on any atom is 0.226 e. The highest BCUT2D eigenvalue weighted by Gasteiger charge is 2.07. The quantitative estimate of drug-likeness (QED) is 0.859. The third-order valence-corrected chi connectivity index (χ3v) is 3.64. The molecule has 0 unspecified atom stereocenters. The SMILES string of the molecule is COc1cc(CNc2cccc(NC(=O)C(C)C)c2)sn1. The minimum Gasteiger partial charge on any atom is -0.480 e. The van der Waals surface area contributed by atoms with Crippen LogP contribution in [-0.2, 0) is 11.3 Å². The second kappa shape index (κ2) is 7.08.